The largest absolute Gasteiger partial charge is 0.392 e. The molecular weight excluding hydrogens is 228 g/mol. The van der Waals surface area contributed by atoms with Crippen molar-refractivity contribution in [1.82, 2.24) is 4.98 Å². The summed E-state index contributed by atoms with van der Waals surface area (Å²) in [6.45, 7) is 1.79. The Balaban J connectivity index is 2.16. The van der Waals surface area contributed by atoms with E-state index in [-0.39, 0.29) is 12.5 Å². The van der Waals surface area contributed by atoms with Gasteiger partial charge in [-0.1, -0.05) is 12.1 Å². The van der Waals surface area contributed by atoms with Crippen molar-refractivity contribution in [2.75, 3.05) is 5.32 Å². The first-order chi connectivity index (χ1) is 8.69. The lowest BCUT2D eigenvalue weighted by molar-refractivity contribution is 0.102. The fourth-order valence-corrected chi connectivity index (χ4v) is 1.64. The van der Waals surface area contributed by atoms with E-state index in [0.29, 0.717) is 11.3 Å². The fourth-order valence-electron chi connectivity index (χ4n) is 1.64. The maximum absolute atomic E-state index is 12.0. The van der Waals surface area contributed by atoms with Gasteiger partial charge in [0.25, 0.3) is 5.91 Å². The van der Waals surface area contributed by atoms with Crippen LogP contribution in [0, 0.1) is 6.92 Å². The normalized spacial score (nSPS) is 10.1. The SMILES string of the molecule is Cc1cc(C(=O)Nc2cccc(CO)c2)ccn1. The molecule has 92 valence electrons. The van der Waals surface area contributed by atoms with Gasteiger partial charge in [0, 0.05) is 23.1 Å². The Bertz CT molecular complexity index is 567. The molecule has 0 aliphatic carbocycles. The second-order valence-corrected chi connectivity index (χ2v) is 4.00. The van der Waals surface area contributed by atoms with Crippen LogP contribution in [0.2, 0.25) is 0 Å². The van der Waals surface area contributed by atoms with Crippen LogP contribution in [0.5, 0.6) is 0 Å². The number of hydrogen-bond donors (Lipinski definition) is 2. The lowest BCUT2D eigenvalue weighted by Gasteiger charge is -2.06. The Hall–Kier alpha value is -2.20. The van der Waals surface area contributed by atoms with Gasteiger partial charge in [-0.2, -0.15) is 0 Å². The van der Waals surface area contributed by atoms with Crippen molar-refractivity contribution < 1.29 is 9.90 Å². The highest BCUT2D eigenvalue weighted by Gasteiger charge is 2.06. The molecule has 2 rings (SSSR count). The van der Waals surface area contributed by atoms with Crippen molar-refractivity contribution in [1.29, 1.82) is 0 Å². The van der Waals surface area contributed by atoms with Crippen LogP contribution in [-0.4, -0.2) is 16.0 Å². The van der Waals surface area contributed by atoms with Crippen LogP contribution in [0.1, 0.15) is 21.6 Å². The summed E-state index contributed by atoms with van der Waals surface area (Å²) in [6.07, 6.45) is 1.61. The number of carbonyl (C=O) groups excluding carboxylic acids is 1. The minimum atomic E-state index is -0.185. The molecule has 0 aliphatic rings. The van der Waals surface area contributed by atoms with E-state index in [0.717, 1.165) is 11.3 Å². The molecule has 4 nitrogen and oxygen atoms in total. The number of rotatable bonds is 3. The smallest absolute Gasteiger partial charge is 0.255 e. The molecule has 1 aromatic carbocycles. The molecule has 0 saturated carbocycles. The van der Waals surface area contributed by atoms with Gasteiger partial charge in [-0.25, -0.2) is 0 Å². The van der Waals surface area contributed by atoms with Gasteiger partial charge in [0.15, 0.2) is 0 Å². The molecule has 0 bridgehead atoms. The summed E-state index contributed by atoms with van der Waals surface area (Å²) < 4.78 is 0. The molecular formula is C14H14N2O2. The quantitative estimate of drug-likeness (QED) is 0.866. The monoisotopic (exact) mass is 242 g/mol. The number of hydrogen-bond acceptors (Lipinski definition) is 3. The predicted molar refractivity (Wildman–Crippen MR) is 69.3 cm³/mol. The highest BCUT2D eigenvalue weighted by Crippen LogP contribution is 2.12. The van der Waals surface area contributed by atoms with Crippen molar-refractivity contribution in [3.63, 3.8) is 0 Å². The predicted octanol–water partition coefficient (Wildman–Crippen LogP) is 2.13. The number of aryl methyl sites for hydroxylation is 1. The van der Waals surface area contributed by atoms with E-state index in [1.54, 1.807) is 42.6 Å². The third kappa shape index (κ3) is 2.93. The Morgan fingerprint density at radius 3 is 2.89 bits per heavy atom. The fraction of sp³-hybridized carbons (Fsp3) is 0.143. The van der Waals surface area contributed by atoms with Crippen molar-refractivity contribution in [2.45, 2.75) is 13.5 Å². The van der Waals surface area contributed by atoms with E-state index in [2.05, 4.69) is 10.3 Å². The van der Waals surface area contributed by atoms with Crippen LogP contribution in [0.3, 0.4) is 0 Å². The molecule has 1 amide bonds. The maximum atomic E-state index is 12.0. The van der Waals surface area contributed by atoms with E-state index in [9.17, 15) is 4.79 Å². The summed E-state index contributed by atoms with van der Waals surface area (Å²) >= 11 is 0. The molecule has 0 saturated heterocycles. The molecule has 0 unspecified atom stereocenters. The molecule has 0 radical (unpaired) electrons. The first kappa shape index (κ1) is 12.3. The van der Waals surface area contributed by atoms with E-state index in [1.807, 2.05) is 6.92 Å². The number of aliphatic hydroxyl groups excluding tert-OH is 1. The van der Waals surface area contributed by atoms with Crippen LogP contribution < -0.4 is 5.32 Å². The molecule has 0 spiro atoms. The topological polar surface area (TPSA) is 62.2 Å². The first-order valence-electron chi connectivity index (χ1n) is 5.63. The molecule has 0 aliphatic heterocycles. The average Bonchev–Trinajstić information content (AvgIpc) is 2.39. The van der Waals surface area contributed by atoms with Crippen molar-refractivity contribution in [2.24, 2.45) is 0 Å². The van der Waals surface area contributed by atoms with Gasteiger partial charge in [-0.05, 0) is 36.8 Å². The average molecular weight is 242 g/mol. The summed E-state index contributed by atoms with van der Waals surface area (Å²) in [4.78, 5) is 16.0. The van der Waals surface area contributed by atoms with E-state index >= 15 is 0 Å². The Morgan fingerprint density at radius 2 is 2.17 bits per heavy atom. The van der Waals surface area contributed by atoms with Gasteiger partial charge < -0.3 is 10.4 Å². The van der Waals surface area contributed by atoms with Crippen LogP contribution in [-0.2, 0) is 6.61 Å². The zero-order valence-electron chi connectivity index (χ0n) is 10.1. The van der Waals surface area contributed by atoms with Crippen LogP contribution in [0.25, 0.3) is 0 Å². The zero-order valence-corrected chi connectivity index (χ0v) is 10.1. The highest BCUT2D eigenvalue weighted by molar-refractivity contribution is 6.04. The van der Waals surface area contributed by atoms with Crippen molar-refractivity contribution >= 4 is 11.6 Å². The van der Waals surface area contributed by atoms with Gasteiger partial charge in [0.2, 0.25) is 0 Å². The Labute approximate surface area is 105 Å². The number of nitrogens with one attached hydrogen (secondary N) is 1. The summed E-state index contributed by atoms with van der Waals surface area (Å²) in [7, 11) is 0. The molecule has 0 atom stereocenters. The van der Waals surface area contributed by atoms with Gasteiger partial charge in [0.05, 0.1) is 6.61 Å². The lowest BCUT2D eigenvalue weighted by Crippen LogP contribution is -2.12. The van der Waals surface area contributed by atoms with Crippen molar-refractivity contribution in [3.8, 4) is 0 Å². The summed E-state index contributed by atoms with van der Waals surface area (Å²) in [6, 6.07) is 10.5. The van der Waals surface area contributed by atoms with Gasteiger partial charge in [-0.15, -0.1) is 0 Å². The molecule has 1 heterocycles. The molecule has 2 N–H and O–H groups in total. The minimum Gasteiger partial charge on any atom is -0.392 e. The first-order valence-corrected chi connectivity index (χ1v) is 5.63. The number of nitrogens with zero attached hydrogens (tertiary/aromatic N) is 1. The zero-order chi connectivity index (χ0) is 13.0. The number of anilines is 1. The number of aliphatic hydroxyl groups is 1. The number of aromatic nitrogens is 1. The van der Waals surface area contributed by atoms with E-state index in [1.165, 1.54) is 0 Å². The number of benzene rings is 1. The Morgan fingerprint density at radius 1 is 1.33 bits per heavy atom. The van der Waals surface area contributed by atoms with E-state index < -0.39 is 0 Å². The lowest BCUT2D eigenvalue weighted by atomic mass is 10.2. The minimum absolute atomic E-state index is 0.0436. The standard InChI is InChI=1S/C14H14N2O2/c1-10-7-12(5-6-15-10)14(18)16-13-4-2-3-11(8-13)9-17/h2-8,17H,9H2,1H3,(H,16,18). The summed E-state index contributed by atoms with van der Waals surface area (Å²) in [5.74, 6) is -0.185. The molecule has 2 aromatic rings. The highest BCUT2D eigenvalue weighted by atomic mass is 16.3. The second-order valence-electron chi connectivity index (χ2n) is 4.00. The number of amides is 1. The van der Waals surface area contributed by atoms with Crippen LogP contribution >= 0.6 is 0 Å². The second kappa shape index (κ2) is 5.42. The molecule has 18 heavy (non-hydrogen) atoms. The third-order valence-corrected chi connectivity index (χ3v) is 2.53. The van der Waals surface area contributed by atoms with Crippen LogP contribution in [0.15, 0.2) is 42.6 Å². The van der Waals surface area contributed by atoms with Gasteiger partial charge in [-0.3, -0.25) is 9.78 Å². The van der Waals surface area contributed by atoms with Gasteiger partial charge in [0.1, 0.15) is 0 Å². The van der Waals surface area contributed by atoms with E-state index in [4.69, 9.17) is 5.11 Å². The number of carbonyl (C=O) groups is 1. The molecule has 4 heteroatoms. The maximum Gasteiger partial charge on any atom is 0.255 e. The summed E-state index contributed by atoms with van der Waals surface area (Å²) in [5.41, 5.74) is 2.79. The molecule has 1 aromatic heterocycles. The van der Waals surface area contributed by atoms with Crippen molar-refractivity contribution in [3.05, 3.63) is 59.4 Å². The summed E-state index contributed by atoms with van der Waals surface area (Å²) in [5, 5.41) is 11.8. The molecule has 0 fully saturated rings. The third-order valence-electron chi connectivity index (χ3n) is 2.53. The van der Waals surface area contributed by atoms with Crippen LogP contribution in [0.4, 0.5) is 5.69 Å². The Kier molecular flexibility index (Phi) is 3.69. The van der Waals surface area contributed by atoms with Gasteiger partial charge >= 0.3 is 0 Å². The number of pyridine rings is 1.